The lowest BCUT2D eigenvalue weighted by atomic mass is 9.71. The number of unbranched alkanes of at least 4 members (excludes halogenated alkanes) is 1. The lowest BCUT2D eigenvalue weighted by Crippen LogP contribution is -2.65. The number of amides is 8. The van der Waals surface area contributed by atoms with Crippen molar-refractivity contribution in [1.29, 1.82) is 0 Å². The van der Waals surface area contributed by atoms with E-state index in [4.69, 9.17) is 14.2 Å². The van der Waals surface area contributed by atoms with Gasteiger partial charge in [-0.1, -0.05) is 74.5 Å². The molecule has 5 atom stereocenters. The van der Waals surface area contributed by atoms with E-state index >= 15 is 0 Å². The Hall–Kier alpha value is -6.40. The number of benzene rings is 2. The molecule has 0 radical (unpaired) electrons. The minimum Gasteiger partial charge on any atom is -0.444 e. The van der Waals surface area contributed by atoms with Gasteiger partial charge in [-0.05, 0) is 125 Å². The van der Waals surface area contributed by atoms with E-state index in [0.29, 0.717) is 51.9 Å². The molecular formula is C55H84N8O11. The predicted molar refractivity (Wildman–Crippen MR) is 280 cm³/mol. The number of ether oxygens (including phenoxy) is 3. The smallest absolute Gasteiger partial charge is 0.408 e. The molecule has 0 aliphatic carbocycles. The van der Waals surface area contributed by atoms with Crippen LogP contribution in [0.25, 0.3) is 0 Å². The Balaban J connectivity index is 1.51. The van der Waals surface area contributed by atoms with Crippen LogP contribution in [0.5, 0.6) is 0 Å². The highest BCUT2D eigenvalue weighted by Gasteiger charge is 2.48. The quantitative estimate of drug-likeness (QED) is 0.0633. The third-order valence-electron chi connectivity index (χ3n) is 12.4. The molecule has 19 nitrogen and oxygen atoms in total. The Morgan fingerprint density at radius 2 is 0.959 bits per heavy atom. The summed E-state index contributed by atoms with van der Waals surface area (Å²) in [5.41, 5.74) is -0.934. The summed E-state index contributed by atoms with van der Waals surface area (Å²) in [7, 11) is 0. The van der Waals surface area contributed by atoms with Gasteiger partial charge in [0.1, 0.15) is 47.0 Å². The molecular weight excluding hydrogens is 949 g/mol. The van der Waals surface area contributed by atoms with Crippen LogP contribution in [0.4, 0.5) is 14.4 Å². The number of nitrogens with one attached hydrogen (secondary N) is 6. The number of nitrogens with zero attached hydrogens (tertiary/aromatic N) is 2. The molecule has 8 amide bonds. The summed E-state index contributed by atoms with van der Waals surface area (Å²) >= 11 is 0. The van der Waals surface area contributed by atoms with Crippen LogP contribution >= 0.6 is 0 Å². The zero-order chi connectivity index (χ0) is 55.0. The minimum atomic E-state index is -1.19. The standard InChI is InChI=1S/C55H84N8O11/c1-36(2)31-41(59-45(65)42(32-38-21-15-13-16-22-38)60-46(66)43(33-39-23-17-14-18-24-39)61-51(71)74-54(10,11)12)44(64)58-40(25-19-20-28-56-49(69)72-52(4,5)6)48(68)62-29-26-55(27-30-62)34-63(35-55)47(67)37(3)57-50(70)73-53(7,8)9/h13-18,21-24,36-37,40-43H,19-20,25-35H2,1-12H3,(H,56,69)(H,57,70)(H,58,64)(H,59,65)(H,60,66)(H,61,71)/t37-,40-,41-,42-,43-/m1/s1. The normalized spacial score (nSPS) is 16.5. The number of hydrogen-bond donors (Lipinski definition) is 6. The highest BCUT2D eigenvalue weighted by molar-refractivity contribution is 5.95. The number of hydrogen-bond acceptors (Lipinski definition) is 11. The van der Waals surface area contributed by atoms with Gasteiger partial charge in [-0.25, -0.2) is 14.4 Å². The highest BCUT2D eigenvalue weighted by atomic mass is 16.6. The van der Waals surface area contributed by atoms with Crippen LogP contribution in [0.2, 0.25) is 0 Å². The second-order valence-electron chi connectivity index (χ2n) is 23.2. The predicted octanol–water partition coefficient (Wildman–Crippen LogP) is 5.92. The molecule has 2 aliphatic rings. The zero-order valence-corrected chi connectivity index (χ0v) is 45.8. The van der Waals surface area contributed by atoms with Crippen LogP contribution in [0, 0.1) is 11.3 Å². The number of carbonyl (C=O) groups is 8. The Labute approximate surface area is 438 Å². The maximum Gasteiger partial charge on any atom is 0.408 e. The van der Waals surface area contributed by atoms with Crippen molar-refractivity contribution in [2.24, 2.45) is 11.3 Å². The number of likely N-dealkylation sites (tertiary alicyclic amines) is 2. The lowest BCUT2D eigenvalue weighted by molar-refractivity contribution is -0.152. The van der Waals surface area contributed by atoms with E-state index in [-0.39, 0.29) is 55.4 Å². The molecule has 410 valence electrons. The molecule has 0 saturated carbocycles. The molecule has 0 unspecified atom stereocenters. The van der Waals surface area contributed by atoms with Gasteiger partial charge in [0.05, 0.1) is 0 Å². The molecule has 2 saturated heterocycles. The fourth-order valence-corrected chi connectivity index (χ4v) is 8.80. The summed E-state index contributed by atoms with van der Waals surface area (Å²) in [6.45, 7) is 23.1. The van der Waals surface area contributed by atoms with Crippen molar-refractivity contribution in [3.63, 3.8) is 0 Å². The van der Waals surface area contributed by atoms with E-state index in [1.54, 1.807) is 79.0 Å². The topological polar surface area (TPSA) is 243 Å². The van der Waals surface area contributed by atoms with Gasteiger partial charge in [0.25, 0.3) is 0 Å². The van der Waals surface area contributed by atoms with Crippen molar-refractivity contribution >= 4 is 47.8 Å². The van der Waals surface area contributed by atoms with Crippen LogP contribution in [0.3, 0.4) is 0 Å². The average Bonchev–Trinajstić information content (AvgIpc) is 3.27. The van der Waals surface area contributed by atoms with Crippen molar-refractivity contribution < 1.29 is 52.6 Å². The second-order valence-corrected chi connectivity index (χ2v) is 23.2. The Morgan fingerprint density at radius 1 is 0.527 bits per heavy atom. The van der Waals surface area contributed by atoms with Crippen LogP contribution in [-0.4, -0.2) is 137 Å². The molecule has 19 heteroatoms. The Bertz CT molecular complexity index is 2210. The summed E-state index contributed by atoms with van der Waals surface area (Å²) < 4.78 is 16.2. The molecule has 74 heavy (non-hydrogen) atoms. The van der Waals surface area contributed by atoms with Gasteiger partial charge in [0.2, 0.25) is 29.5 Å². The van der Waals surface area contributed by atoms with E-state index in [2.05, 4.69) is 31.9 Å². The number of carbonyl (C=O) groups excluding carboxylic acids is 8. The molecule has 4 rings (SSSR count). The summed E-state index contributed by atoms with van der Waals surface area (Å²) in [5, 5.41) is 16.8. The molecule has 2 aromatic carbocycles. The zero-order valence-electron chi connectivity index (χ0n) is 45.8. The molecule has 0 aromatic heterocycles. The molecule has 1 spiro atoms. The third kappa shape index (κ3) is 20.8. The van der Waals surface area contributed by atoms with Gasteiger partial charge in [0.15, 0.2) is 0 Å². The molecule has 2 fully saturated rings. The first-order valence-electron chi connectivity index (χ1n) is 26.0. The van der Waals surface area contributed by atoms with Crippen molar-refractivity contribution in [3.8, 4) is 0 Å². The van der Waals surface area contributed by atoms with E-state index < -0.39 is 83.0 Å². The molecule has 2 aromatic rings. The molecule has 2 heterocycles. The summed E-state index contributed by atoms with van der Waals surface area (Å²) in [6, 6.07) is 13.0. The van der Waals surface area contributed by atoms with E-state index in [0.717, 1.165) is 11.1 Å². The SMILES string of the molecule is CC(C)C[C@@H](NC(=O)[C@@H](Cc1ccccc1)NC(=O)[C@@H](Cc1ccccc1)NC(=O)OC(C)(C)C)C(=O)N[C@H](CCCCNC(=O)OC(C)(C)C)C(=O)N1CCC2(CC1)CN(C(=O)[C@@H](C)NC(=O)OC(C)(C)C)C2. The maximum atomic E-state index is 14.5. The van der Waals surface area contributed by atoms with Gasteiger partial charge in [-0.3, -0.25) is 24.0 Å². The van der Waals surface area contributed by atoms with E-state index in [1.807, 2.05) is 74.5 Å². The summed E-state index contributed by atoms with van der Waals surface area (Å²) in [4.78, 5) is 112. The van der Waals surface area contributed by atoms with Crippen LogP contribution in [0.1, 0.15) is 133 Å². The van der Waals surface area contributed by atoms with Gasteiger partial charge >= 0.3 is 18.3 Å². The van der Waals surface area contributed by atoms with Gasteiger partial charge < -0.3 is 55.9 Å². The van der Waals surface area contributed by atoms with Crippen LogP contribution in [-0.2, 0) is 51.0 Å². The van der Waals surface area contributed by atoms with Gasteiger partial charge in [-0.15, -0.1) is 0 Å². The highest BCUT2D eigenvalue weighted by Crippen LogP contribution is 2.41. The molecule has 6 N–H and O–H groups in total. The van der Waals surface area contributed by atoms with Crippen molar-refractivity contribution in [2.75, 3.05) is 32.7 Å². The van der Waals surface area contributed by atoms with Gasteiger partial charge in [0, 0.05) is 51.0 Å². The summed E-state index contributed by atoms with van der Waals surface area (Å²) in [6.07, 6.45) is 0.723. The number of alkyl carbamates (subject to hydrolysis) is 3. The van der Waals surface area contributed by atoms with Crippen LogP contribution in [0.15, 0.2) is 60.7 Å². The van der Waals surface area contributed by atoms with Crippen molar-refractivity contribution in [2.45, 2.75) is 181 Å². The third-order valence-corrected chi connectivity index (χ3v) is 12.4. The minimum absolute atomic E-state index is 0.0573. The number of piperidine rings is 1. The maximum absolute atomic E-state index is 14.5. The Morgan fingerprint density at radius 3 is 1.45 bits per heavy atom. The molecule has 0 bridgehead atoms. The lowest BCUT2D eigenvalue weighted by Gasteiger charge is -2.54. The fraction of sp³-hybridized carbons (Fsp3) is 0.636. The number of rotatable bonds is 21. The van der Waals surface area contributed by atoms with E-state index in [9.17, 15) is 38.4 Å². The van der Waals surface area contributed by atoms with Crippen molar-refractivity contribution in [3.05, 3.63) is 71.8 Å². The second kappa shape index (κ2) is 26.7. The van der Waals surface area contributed by atoms with Crippen molar-refractivity contribution in [1.82, 2.24) is 41.7 Å². The Kier molecular flexibility index (Phi) is 21.7. The van der Waals surface area contributed by atoms with Gasteiger partial charge in [-0.2, -0.15) is 0 Å². The monoisotopic (exact) mass is 1030 g/mol. The summed E-state index contributed by atoms with van der Waals surface area (Å²) in [5.74, 6) is -2.45. The van der Waals surface area contributed by atoms with E-state index in [1.165, 1.54) is 0 Å². The largest absolute Gasteiger partial charge is 0.444 e. The first kappa shape index (κ1) is 60.2. The first-order valence-corrected chi connectivity index (χ1v) is 26.0. The molecule has 2 aliphatic heterocycles. The fourth-order valence-electron chi connectivity index (χ4n) is 8.80. The van der Waals surface area contributed by atoms with Crippen LogP contribution < -0.4 is 31.9 Å². The average molecular weight is 1030 g/mol. The first-order chi connectivity index (χ1) is 34.5.